The lowest BCUT2D eigenvalue weighted by molar-refractivity contribution is -0.123. The maximum Gasteiger partial charge on any atom is 0.330 e. The quantitative estimate of drug-likeness (QED) is 0.431. The first-order chi connectivity index (χ1) is 16.8. The third-order valence-electron chi connectivity index (χ3n) is 5.99. The van der Waals surface area contributed by atoms with Crippen LogP contribution >= 0.6 is 0 Å². The van der Waals surface area contributed by atoms with Crippen LogP contribution in [0.15, 0.2) is 88.5 Å². The molecule has 0 saturated heterocycles. The fourth-order valence-corrected chi connectivity index (χ4v) is 3.88. The first kappa shape index (κ1) is 23.7. The van der Waals surface area contributed by atoms with E-state index < -0.39 is 23.2 Å². The van der Waals surface area contributed by atoms with Crippen LogP contribution in [0.4, 0.5) is 0 Å². The Hall–Kier alpha value is -4.46. The monoisotopic (exact) mass is 470 g/mol. The summed E-state index contributed by atoms with van der Waals surface area (Å²) < 4.78 is 2.30. The minimum absolute atomic E-state index is 0.0300. The summed E-state index contributed by atoms with van der Waals surface area (Å²) in [4.78, 5) is 50.4. The van der Waals surface area contributed by atoms with E-state index in [4.69, 9.17) is 0 Å². The van der Waals surface area contributed by atoms with Crippen LogP contribution in [-0.2, 0) is 31.9 Å². The zero-order chi connectivity index (χ0) is 24.9. The van der Waals surface area contributed by atoms with Gasteiger partial charge in [-0.3, -0.25) is 23.5 Å². The Labute approximate surface area is 201 Å². The van der Waals surface area contributed by atoms with E-state index in [9.17, 15) is 19.2 Å². The van der Waals surface area contributed by atoms with E-state index in [0.29, 0.717) is 11.3 Å². The first-order valence-corrected chi connectivity index (χ1v) is 11.2. The van der Waals surface area contributed by atoms with Crippen molar-refractivity contribution in [1.29, 1.82) is 0 Å². The van der Waals surface area contributed by atoms with E-state index in [2.05, 4.69) is 10.6 Å². The van der Waals surface area contributed by atoms with Crippen LogP contribution in [-0.4, -0.2) is 27.0 Å². The molecule has 4 rings (SSSR count). The van der Waals surface area contributed by atoms with Crippen LogP contribution in [0.2, 0.25) is 0 Å². The number of nitrogens with zero attached hydrogens (tertiary/aromatic N) is 2. The Balaban J connectivity index is 1.55. The molecule has 8 nitrogen and oxygen atoms in total. The van der Waals surface area contributed by atoms with Crippen molar-refractivity contribution in [2.24, 2.45) is 14.1 Å². The van der Waals surface area contributed by atoms with Gasteiger partial charge < -0.3 is 10.6 Å². The predicted octanol–water partition coefficient (Wildman–Crippen LogP) is 1.89. The number of carbonyl (C=O) groups is 2. The number of hydrogen-bond acceptors (Lipinski definition) is 4. The highest BCUT2D eigenvalue weighted by Crippen LogP contribution is 2.16. The topological polar surface area (TPSA) is 102 Å². The van der Waals surface area contributed by atoms with Crippen molar-refractivity contribution in [3.8, 4) is 0 Å². The molecule has 0 unspecified atom stereocenters. The average molecular weight is 471 g/mol. The second kappa shape index (κ2) is 10.2. The molecular formula is C27H26N4O4. The molecule has 0 spiro atoms. The molecule has 178 valence electrons. The van der Waals surface area contributed by atoms with Crippen LogP contribution in [0.3, 0.4) is 0 Å². The van der Waals surface area contributed by atoms with Crippen LogP contribution < -0.4 is 21.9 Å². The molecule has 8 heteroatoms. The van der Waals surface area contributed by atoms with Gasteiger partial charge in [0.05, 0.1) is 6.54 Å². The molecule has 0 saturated carbocycles. The zero-order valence-corrected chi connectivity index (χ0v) is 19.5. The Kier molecular flexibility index (Phi) is 6.91. The standard InChI is InChI=1S/C27H26N4O4/c1-30-22(16-24(32)31(2)27(30)35)17-28-26(34)23(14-18-8-4-3-5-9-18)29-25(33)21-13-12-19-10-6-7-11-20(19)15-21/h3-13,15-16,23H,14,17H2,1-2H3,(H,28,34)(H,29,33)/t23-/m1/s1. The molecule has 0 fully saturated rings. The molecule has 4 aromatic rings. The number of carbonyl (C=O) groups excluding carboxylic acids is 2. The second-order valence-electron chi connectivity index (χ2n) is 8.37. The molecule has 2 N–H and O–H groups in total. The number of benzene rings is 3. The highest BCUT2D eigenvalue weighted by molar-refractivity contribution is 6.00. The molecule has 35 heavy (non-hydrogen) atoms. The Morgan fingerprint density at radius 3 is 2.26 bits per heavy atom. The van der Waals surface area contributed by atoms with Crippen molar-refractivity contribution in [1.82, 2.24) is 19.8 Å². The van der Waals surface area contributed by atoms with Crippen LogP contribution in [0, 0.1) is 0 Å². The number of rotatable bonds is 7. The van der Waals surface area contributed by atoms with E-state index in [1.165, 1.54) is 24.7 Å². The van der Waals surface area contributed by atoms with Gasteiger partial charge in [0.15, 0.2) is 0 Å². The van der Waals surface area contributed by atoms with Crippen LogP contribution in [0.25, 0.3) is 10.8 Å². The van der Waals surface area contributed by atoms with Gasteiger partial charge in [-0.1, -0.05) is 60.7 Å². The fourth-order valence-electron chi connectivity index (χ4n) is 3.88. The summed E-state index contributed by atoms with van der Waals surface area (Å²) in [5.74, 6) is -0.788. The molecule has 1 aromatic heterocycles. The summed E-state index contributed by atoms with van der Waals surface area (Å²) in [6.45, 7) is -0.0300. The lowest BCUT2D eigenvalue weighted by atomic mass is 10.0. The molecule has 3 aromatic carbocycles. The highest BCUT2D eigenvalue weighted by atomic mass is 16.2. The minimum atomic E-state index is -0.861. The van der Waals surface area contributed by atoms with Gasteiger partial charge in [-0.2, -0.15) is 0 Å². The summed E-state index contributed by atoms with van der Waals surface area (Å²) >= 11 is 0. The van der Waals surface area contributed by atoms with E-state index in [-0.39, 0.29) is 18.9 Å². The molecule has 0 aliphatic carbocycles. The van der Waals surface area contributed by atoms with Crippen molar-refractivity contribution >= 4 is 22.6 Å². The number of aromatic nitrogens is 2. The van der Waals surface area contributed by atoms with Crippen molar-refractivity contribution < 1.29 is 9.59 Å². The molecule has 0 aliphatic rings. The maximum absolute atomic E-state index is 13.2. The van der Waals surface area contributed by atoms with Crippen molar-refractivity contribution in [2.75, 3.05) is 0 Å². The van der Waals surface area contributed by atoms with Gasteiger partial charge in [-0.25, -0.2) is 4.79 Å². The Morgan fingerprint density at radius 1 is 0.829 bits per heavy atom. The molecule has 1 atom stereocenters. The van der Waals surface area contributed by atoms with Crippen LogP contribution in [0.1, 0.15) is 21.6 Å². The average Bonchev–Trinajstić information content (AvgIpc) is 2.88. The minimum Gasteiger partial charge on any atom is -0.349 e. The summed E-state index contributed by atoms with van der Waals surface area (Å²) in [5, 5.41) is 7.55. The Morgan fingerprint density at radius 2 is 1.51 bits per heavy atom. The Bertz CT molecular complexity index is 1510. The molecule has 0 aliphatic heterocycles. The lowest BCUT2D eigenvalue weighted by Gasteiger charge is -2.19. The number of nitrogens with one attached hydrogen (secondary N) is 2. The predicted molar refractivity (Wildman–Crippen MR) is 134 cm³/mol. The maximum atomic E-state index is 13.2. The molecule has 2 amide bonds. The van der Waals surface area contributed by atoms with Gasteiger partial charge in [-0.15, -0.1) is 0 Å². The number of amides is 2. The van der Waals surface area contributed by atoms with E-state index >= 15 is 0 Å². The summed E-state index contributed by atoms with van der Waals surface area (Å²) in [6, 6.07) is 22.9. The van der Waals surface area contributed by atoms with E-state index in [1.807, 2.05) is 60.7 Å². The summed E-state index contributed by atoms with van der Waals surface area (Å²) in [5.41, 5.74) is 0.761. The van der Waals surface area contributed by atoms with Crippen molar-refractivity contribution in [2.45, 2.75) is 19.0 Å². The second-order valence-corrected chi connectivity index (χ2v) is 8.37. The third-order valence-corrected chi connectivity index (χ3v) is 5.99. The SMILES string of the molecule is Cn1c(CNC(=O)[C@@H](Cc2ccccc2)NC(=O)c2ccc3ccccc3c2)cc(=O)n(C)c1=O. The normalized spacial score (nSPS) is 11.7. The fraction of sp³-hybridized carbons (Fsp3) is 0.185. The summed E-state index contributed by atoms with van der Waals surface area (Å²) in [6.07, 6.45) is 0.279. The van der Waals surface area contributed by atoms with Crippen molar-refractivity contribution in [3.05, 3.63) is 117 Å². The van der Waals surface area contributed by atoms with Gasteiger partial charge in [0.1, 0.15) is 6.04 Å². The van der Waals surface area contributed by atoms with E-state index in [0.717, 1.165) is 20.9 Å². The van der Waals surface area contributed by atoms with Crippen LogP contribution in [0.5, 0.6) is 0 Å². The van der Waals surface area contributed by atoms with Gasteiger partial charge in [0, 0.05) is 37.8 Å². The van der Waals surface area contributed by atoms with Gasteiger partial charge >= 0.3 is 5.69 Å². The zero-order valence-electron chi connectivity index (χ0n) is 19.5. The smallest absolute Gasteiger partial charge is 0.330 e. The molecule has 1 heterocycles. The van der Waals surface area contributed by atoms with Crippen molar-refractivity contribution in [3.63, 3.8) is 0 Å². The van der Waals surface area contributed by atoms with Gasteiger partial charge in [0.2, 0.25) is 5.91 Å². The highest BCUT2D eigenvalue weighted by Gasteiger charge is 2.22. The van der Waals surface area contributed by atoms with Gasteiger partial charge in [0.25, 0.3) is 11.5 Å². The van der Waals surface area contributed by atoms with Gasteiger partial charge in [-0.05, 0) is 28.5 Å². The largest absolute Gasteiger partial charge is 0.349 e. The molecule has 0 bridgehead atoms. The molecular weight excluding hydrogens is 444 g/mol. The molecule has 0 radical (unpaired) electrons. The number of hydrogen-bond donors (Lipinski definition) is 2. The third kappa shape index (κ3) is 5.38. The number of fused-ring (bicyclic) bond motifs is 1. The first-order valence-electron chi connectivity index (χ1n) is 11.2. The lowest BCUT2D eigenvalue weighted by Crippen LogP contribution is -2.48. The van der Waals surface area contributed by atoms with E-state index in [1.54, 1.807) is 12.1 Å². The summed E-state index contributed by atoms with van der Waals surface area (Å²) in [7, 11) is 2.93.